The molecule has 3 rings (SSSR count). The van der Waals surface area contributed by atoms with Crippen LogP contribution in [0.2, 0.25) is 0 Å². The maximum absolute atomic E-state index is 13.0. The lowest BCUT2D eigenvalue weighted by molar-refractivity contribution is -0.00988. The average Bonchev–Trinajstić information content (AvgIpc) is 3.00. The quantitative estimate of drug-likeness (QED) is 0.158. The van der Waals surface area contributed by atoms with Crippen molar-refractivity contribution in [2.75, 3.05) is 40.1 Å². The predicted molar refractivity (Wildman–Crippen MR) is 154 cm³/mol. The summed E-state index contributed by atoms with van der Waals surface area (Å²) < 4.78 is 38.5. The fourth-order valence-corrected chi connectivity index (χ4v) is 3.96. The van der Waals surface area contributed by atoms with Crippen molar-refractivity contribution >= 4 is 17.9 Å². The first kappa shape index (κ1) is 31.8. The van der Waals surface area contributed by atoms with Gasteiger partial charge in [0.2, 0.25) is 0 Å². The highest BCUT2D eigenvalue weighted by Crippen LogP contribution is 2.31. The summed E-state index contributed by atoms with van der Waals surface area (Å²) in [5.74, 6) is -0.407. The molecule has 1 unspecified atom stereocenters. The third-order valence-corrected chi connectivity index (χ3v) is 5.84. The molecule has 0 N–H and O–H groups in total. The number of hydrogen-bond acceptors (Lipinski definition) is 10. The van der Waals surface area contributed by atoms with E-state index in [4.69, 9.17) is 33.2 Å². The number of ether oxygens (including phenoxy) is 7. The monoisotopic (exact) mass is 580 g/mol. The molecule has 0 fully saturated rings. The molecule has 0 bridgehead atoms. The normalized spacial score (nSPS) is 11.1. The Morgan fingerprint density at radius 1 is 0.690 bits per heavy atom. The second-order valence-electron chi connectivity index (χ2n) is 8.71. The van der Waals surface area contributed by atoms with Crippen LogP contribution in [-0.4, -0.2) is 64.2 Å². The largest absolute Gasteiger partial charge is 0.494 e. The molecular formula is C32H36O10. The lowest BCUT2D eigenvalue weighted by Gasteiger charge is -2.19. The Balaban J connectivity index is 1.73. The van der Waals surface area contributed by atoms with Crippen LogP contribution in [0.4, 0.5) is 0 Å². The van der Waals surface area contributed by atoms with Gasteiger partial charge in [0.05, 0.1) is 39.1 Å². The van der Waals surface area contributed by atoms with E-state index in [-0.39, 0.29) is 42.1 Å². The highest BCUT2D eigenvalue weighted by Gasteiger charge is 2.23. The lowest BCUT2D eigenvalue weighted by Crippen LogP contribution is -2.27. The fourth-order valence-electron chi connectivity index (χ4n) is 3.96. The van der Waals surface area contributed by atoms with E-state index in [1.165, 1.54) is 7.11 Å². The van der Waals surface area contributed by atoms with Gasteiger partial charge in [-0.05, 0) is 63.2 Å². The van der Waals surface area contributed by atoms with Crippen molar-refractivity contribution in [3.05, 3.63) is 83.4 Å². The van der Waals surface area contributed by atoms with E-state index >= 15 is 0 Å². The number of methoxy groups -OCH3 is 1. The summed E-state index contributed by atoms with van der Waals surface area (Å²) in [4.78, 5) is 38.7. The van der Waals surface area contributed by atoms with E-state index < -0.39 is 24.0 Å². The van der Waals surface area contributed by atoms with Gasteiger partial charge in [-0.15, -0.1) is 0 Å². The molecule has 10 nitrogen and oxygen atoms in total. The maximum Gasteiger partial charge on any atom is 0.342 e. The molecule has 0 aromatic heterocycles. The fraction of sp³-hybridized carbons (Fsp3) is 0.344. The molecule has 224 valence electrons. The molecule has 0 amide bonds. The first-order chi connectivity index (χ1) is 20.4. The van der Waals surface area contributed by atoms with Crippen molar-refractivity contribution in [1.82, 2.24) is 0 Å². The molecule has 0 aliphatic rings. The second kappa shape index (κ2) is 16.5. The Bertz CT molecular complexity index is 1340. The zero-order valence-corrected chi connectivity index (χ0v) is 24.3. The maximum atomic E-state index is 13.0. The standard InChI is InChI=1S/C32H36O10/c1-5-37-23-13-10-12-22(20-23)30(33)42-24(18-19-40-31(34)25-14-8-9-16-27(25)38-6-2)21-41-32(35)26-15-11-17-28(39-7-3)29(26)36-4/h8-17,20,24H,5-7,18-19,21H2,1-4H3. The van der Waals surface area contributed by atoms with Gasteiger partial charge in [0.15, 0.2) is 11.5 Å². The van der Waals surface area contributed by atoms with Crippen LogP contribution >= 0.6 is 0 Å². The Kier molecular flexibility index (Phi) is 12.5. The molecule has 1 atom stereocenters. The molecule has 0 heterocycles. The van der Waals surface area contributed by atoms with Crippen molar-refractivity contribution in [1.29, 1.82) is 0 Å². The number of carbonyl (C=O) groups excluding carboxylic acids is 3. The first-order valence-electron chi connectivity index (χ1n) is 13.7. The van der Waals surface area contributed by atoms with Gasteiger partial charge in [-0.25, -0.2) is 14.4 Å². The summed E-state index contributed by atoms with van der Waals surface area (Å²) in [5, 5.41) is 0. The van der Waals surface area contributed by atoms with Crippen LogP contribution in [-0.2, 0) is 14.2 Å². The van der Waals surface area contributed by atoms with Gasteiger partial charge in [0.25, 0.3) is 0 Å². The molecule has 0 aliphatic carbocycles. The number of esters is 3. The summed E-state index contributed by atoms with van der Waals surface area (Å²) in [6.45, 7) is 6.25. The van der Waals surface area contributed by atoms with Crippen LogP contribution in [0.3, 0.4) is 0 Å². The van der Waals surface area contributed by atoms with Crippen molar-refractivity contribution in [3.63, 3.8) is 0 Å². The molecule has 0 aliphatic heterocycles. The Labute approximate surface area is 245 Å². The highest BCUT2D eigenvalue weighted by atomic mass is 16.6. The van der Waals surface area contributed by atoms with Gasteiger partial charge in [0.1, 0.15) is 35.3 Å². The van der Waals surface area contributed by atoms with Crippen molar-refractivity contribution in [3.8, 4) is 23.0 Å². The number of rotatable bonds is 16. The molecule has 0 radical (unpaired) electrons. The second-order valence-corrected chi connectivity index (χ2v) is 8.71. The SMILES string of the molecule is CCOc1cccc(C(=O)OC(CCOC(=O)c2ccccc2OCC)COC(=O)c2cccc(OCC)c2OC)c1. The zero-order chi connectivity index (χ0) is 30.3. The summed E-state index contributed by atoms with van der Waals surface area (Å²) in [6, 6.07) is 18.1. The van der Waals surface area contributed by atoms with Crippen LogP contribution in [0.5, 0.6) is 23.0 Å². The number of benzene rings is 3. The molecule has 42 heavy (non-hydrogen) atoms. The number of carbonyl (C=O) groups is 3. The Morgan fingerprint density at radius 2 is 1.33 bits per heavy atom. The van der Waals surface area contributed by atoms with Crippen molar-refractivity contribution < 1.29 is 47.5 Å². The Hall–Kier alpha value is -4.73. The minimum atomic E-state index is -0.937. The van der Waals surface area contributed by atoms with Crippen molar-refractivity contribution in [2.24, 2.45) is 0 Å². The van der Waals surface area contributed by atoms with E-state index in [1.807, 2.05) is 20.8 Å². The van der Waals surface area contributed by atoms with Gasteiger partial charge in [-0.2, -0.15) is 0 Å². The molecule has 0 saturated carbocycles. The average molecular weight is 581 g/mol. The zero-order valence-electron chi connectivity index (χ0n) is 24.3. The van der Waals surface area contributed by atoms with Crippen molar-refractivity contribution in [2.45, 2.75) is 33.3 Å². The minimum absolute atomic E-state index is 0.0584. The van der Waals surface area contributed by atoms with Crippen LogP contribution in [0.1, 0.15) is 58.3 Å². The van der Waals surface area contributed by atoms with E-state index in [9.17, 15) is 14.4 Å². The number of hydrogen-bond donors (Lipinski definition) is 0. The van der Waals surface area contributed by atoms with E-state index in [2.05, 4.69) is 0 Å². The summed E-state index contributed by atoms with van der Waals surface area (Å²) in [7, 11) is 1.42. The van der Waals surface area contributed by atoms with Crippen LogP contribution in [0, 0.1) is 0 Å². The predicted octanol–water partition coefficient (Wildman–Crippen LogP) is 5.52. The van der Waals surface area contributed by atoms with Gasteiger partial charge >= 0.3 is 17.9 Å². The van der Waals surface area contributed by atoms with Gasteiger partial charge < -0.3 is 33.2 Å². The summed E-state index contributed by atoms with van der Waals surface area (Å²) in [6.07, 6.45) is -0.878. The van der Waals surface area contributed by atoms with Gasteiger partial charge in [-0.3, -0.25) is 0 Å². The molecule has 10 heteroatoms. The minimum Gasteiger partial charge on any atom is -0.494 e. The highest BCUT2D eigenvalue weighted by molar-refractivity contribution is 5.94. The molecule has 3 aromatic rings. The third-order valence-electron chi connectivity index (χ3n) is 5.84. The smallest absolute Gasteiger partial charge is 0.342 e. The molecular weight excluding hydrogens is 544 g/mol. The summed E-state index contributed by atoms with van der Waals surface area (Å²) >= 11 is 0. The molecule has 0 spiro atoms. The third kappa shape index (κ3) is 8.89. The Morgan fingerprint density at radius 3 is 2.07 bits per heavy atom. The van der Waals surface area contributed by atoms with Crippen LogP contribution in [0.25, 0.3) is 0 Å². The van der Waals surface area contributed by atoms with Gasteiger partial charge in [-0.1, -0.05) is 24.3 Å². The number of para-hydroxylation sites is 2. The van der Waals surface area contributed by atoms with E-state index in [0.29, 0.717) is 37.1 Å². The first-order valence-corrected chi connectivity index (χ1v) is 13.7. The van der Waals surface area contributed by atoms with Crippen LogP contribution < -0.4 is 18.9 Å². The van der Waals surface area contributed by atoms with E-state index in [0.717, 1.165) is 0 Å². The van der Waals surface area contributed by atoms with Crippen LogP contribution in [0.15, 0.2) is 66.7 Å². The molecule has 3 aromatic carbocycles. The lowest BCUT2D eigenvalue weighted by atomic mass is 10.2. The topological polar surface area (TPSA) is 116 Å². The summed E-state index contributed by atoms with van der Waals surface area (Å²) in [5.41, 5.74) is 0.677. The van der Waals surface area contributed by atoms with E-state index in [1.54, 1.807) is 66.7 Å². The molecule has 0 saturated heterocycles. The van der Waals surface area contributed by atoms with Gasteiger partial charge in [0, 0.05) is 6.42 Å².